The maximum absolute atomic E-state index is 12.8. The first-order chi connectivity index (χ1) is 15.4. The van der Waals surface area contributed by atoms with Crippen LogP contribution in [0.3, 0.4) is 0 Å². The summed E-state index contributed by atoms with van der Waals surface area (Å²) in [6.07, 6.45) is -0.777. The van der Waals surface area contributed by atoms with E-state index in [1.807, 2.05) is 17.9 Å². The fourth-order valence-electron chi connectivity index (χ4n) is 4.30. The van der Waals surface area contributed by atoms with Crippen molar-refractivity contribution in [2.24, 2.45) is 0 Å². The summed E-state index contributed by atoms with van der Waals surface area (Å²) in [6, 6.07) is 11.1. The van der Waals surface area contributed by atoms with E-state index < -0.39 is 6.10 Å². The van der Waals surface area contributed by atoms with E-state index in [0.29, 0.717) is 35.9 Å². The van der Waals surface area contributed by atoms with E-state index >= 15 is 0 Å². The summed E-state index contributed by atoms with van der Waals surface area (Å²) in [4.78, 5) is 34.0. The molecule has 2 aliphatic heterocycles. The number of cyclic esters (lactones) is 1. The van der Waals surface area contributed by atoms with E-state index in [9.17, 15) is 14.7 Å². The van der Waals surface area contributed by atoms with E-state index in [4.69, 9.17) is 10.00 Å². The Balaban J connectivity index is 1.27. The number of β-amino-alcohol motifs (C(OH)–C–C–N with tert-alkyl or cyclic N) is 1. The van der Waals surface area contributed by atoms with Crippen LogP contribution in [0, 0.1) is 18.3 Å². The van der Waals surface area contributed by atoms with Gasteiger partial charge in [0, 0.05) is 30.6 Å². The van der Waals surface area contributed by atoms with Gasteiger partial charge in [0.05, 0.1) is 18.2 Å². The standard InChI is InChI=1S/C23H20N4O4S/c1-13-16(3-4-17-18(13)12-31-23(17)30)19(28)10-26-6-7-27(21(29)11-26)20-5-2-14-8-15(9-24)32-22(14)25-20/h2-5,8,19,28H,6-7,10-12H2,1H3/t19-/m0/s1. The molecule has 1 amide bonds. The molecule has 32 heavy (non-hydrogen) atoms. The summed E-state index contributed by atoms with van der Waals surface area (Å²) >= 11 is 1.31. The number of rotatable bonds is 4. The number of hydrogen-bond acceptors (Lipinski definition) is 8. The van der Waals surface area contributed by atoms with Crippen LogP contribution in [0.5, 0.6) is 0 Å². The molecule has 162 valence electrons. The second kappa shape index (κ2) is 7.98. The topological polar surface area (TPSA) is 107 Å². The predicted molar refractivity (Wildman–Crippen MR) is 118 cm³/mol. The van der Waals surface area contributed by atoms with Crippen LogP contribution in [0.1, 0.15) is 38.0 Å². The third-order valence-corrected chi connectivity index (χ3v) is 7.00. The van der Waals surface area contributed by atoms with Gasteiger partial charge in [-0.1, -0.05) is 6.07 Å². The van der Waals surface area contributed by atoms with Crippen LogP contribution in [0.15, 0.2) is 30.3 Å². The minimum atomic E-state index is -0.777. The first-order valence-corrected chi connectivity index (χ1v) is 11.1. The molecule has 0 saturated carbocycles. The molecule has 0 radical (unpaired) electrons. The molecule has 2 aromatic heterocycles. The summed E-state index contributed by atoms with van der Waals surface area (Å²) < 4.78 is 5.09. The van der Waals surface area contributed by atoms with Crippen molar-refractivity contribution in [2.75, 3.05) is 31.1 Å². The number of carbonyl (C=O) groups is 2. The highest BCUT2D eigenvalue weighted by Gasteiger charge is 2.30. The van der Waals surface area contributed by atoms with Gasteiger partial charge in [-0.05, 0) is 42.3 Å². The molecular weight excluding hydrogens is 428 g/mol. The zero-order chi connectivity index (χ0) is 22.4. The average molecular weight is 449 g/mol. The lowest BCUT2D eigenvalue weighted by atomic mass is 9.95. The highest BCUT2D eigenvalue weighted by Crippen LogP contribution is 2.30. The molecule has 0 unspecified atom stereocenters. The van der Waals surface area contributed by atoms with Crippen molar-refractivity contribution in [1.29, 1.82) is 5.26 Å². The summed E-state index contributed by atoms with van der Waals surface area (Å²) in [5, 5.41) is 20.8. The lowest BCUT2D eigenvalue weighted by Crippen LogP contribution is -2.51. The third-order valence-electron chi connectivity index (χ3n) is 6.05. The van der Waals surface area contributed by atoms with Crippen LogP contribution < -0.4 is 4.90 Å². The smallest absolute Gasteiger partial charge is 0.338 e. The average Bonchev–Trinajstić information content (AvgIpc) is 3.37. The SMILES string of the molecule is Cc1c([C@@H](O)CN2CCN(c3ccc4cc(C#N)sc4n3)C(=O)C2)ccc2c1COC2=O. The lowest BCUT2D eigenvalue weighted by Gasteiger charge is -2.34. The Labute approximate surface area is 188 Å². The Bertz CT molecular complexity index is 1300. The molecule has 1 aromatic carbocycles. The molecule has 9 heteroatoms. The number of aromatic nitrogens is 1. The van der Waals surface area contributed by atoms with Crippen molar-refractivity contribution in [3.63, 3.8) is 0 Å². The number of nitrogens with zero attached hydrogens (tertiary/aromatic N) is 4. The number of esters is 1. The second-order valence-corrected chi connectivity index (χ2v) is 9.00. The molecule has 0 spiro atoms. The Hall–Kier alpha value is -3.32. The number of anilines is 1. The van der Waals surface area contributed by atoms with Crippen molar-refractivity contribution >= 4 is 39.2 Å². The number of piperazine rings is 1. The number of benzene rings is 1. The molecule has 1 N–H and O–H groups in total. The summed E-state index contributed by atoms with van der Waals surface area (Å²) in [7, 11) is 0. The molecule has 5 rings (SSSR count). The number of aliphatic hydroxyl groups excluding tert-OH is 1. The number of ether oxygens (including phenoxy) is 1. The van der Waals surface area contributed by atoms with E-state index in [1.54, 1.807) is 29.2 Å². The number of aliphatic hydroxyl groups is 1. The van der Waals surface area contributed by atoms with E-state index in [2.05, 4.69) is 11.1 Å². The number of pyridine rings is 1. The zero-order valence-corrected chi connectivity index (χ0v) is 18.2. The van der Waals surface area contributed by atoms with Crippen LogP contribution in [-0.4, -0.2) is 53.0 Å². The van der Waals surface area contributed by atoms with Crippen LogP contribution in [-0.2, 0) is 16.1 Å². The van der Waals surface area contributed by atoms with Gasteiger partial charge < -0.3 is 9.84 Å². The van der Waals surface area contributed by atoms with Gasteiger partial charge in [-0.2, -0.15) is 5.26 Å². The number of fused-ring (bicyclic) bond motifs is 2. The molecule has 3 aromatic rings. The van der Waals surface area contributed by atoms with Crippen molar-refractivity contribution in [1.82, 2.24) is 9.88 Å². The first kappa shape index (κ1) is 20.6. The highest BCUT2D eigenvalue weighted by molar-refractivity contribution is 7.19. The number of amides is 1. The summed E-state index contributed by atoms with van der Waals surface area (Å²) in [5.41, 5.74) is 2.98. The molecule has 4 heterocycles. The quantitative estimate of drug-likeness (QED) is 0.611. The van der Waals surface area contributed by atoms with Crippen LogP contribution in [0.4, 0.5) is 5.82 Å². The van der Waals surface area contributed by atoms with Gasteiger partial charge in [-0.3, -0.25) is 14.6 Å². The zero-order valence-electron chi connectivity index (χ0n) is 17.4. The van der Waals surface area contributed by atoms with Gasteiger partial charge in [-0.15, -0.1) is 11.3 Å². The van der Waals surface area contributed by atoms with Gasteiger partial charge >= 0.3 is 5.97 Å². The maximum Gasteiger partial charge on any atom is 0.338 e. The number of nitriles is 1. The number of carbonyl (C=O) groups excluding carboxylic acids is 2. The predicted octanol–water partition coefficient (Wildman–Crippen LogP) is 2.53. The van der Waals surface area contributed by atoms with Crippen molar-refractivity contribution in [3.05, 3.63) is 57.5 Å². The Morgan fingerprint density at radius 2 is 2.12 bits per heavy atom. The largest absolute Gasteiger partial charge is 0.457 e. The fraction of sp³-hybridized carbons (Fsp3) is 0.304. The molecule has 0 aliphatic carbocycles. The molecule has 1 fully saturated rings. The van der Waals surface area contributed by atoms with Gasteiger partial charge in [0.1, 0.15) is 28.2 Å². The number of thiophene rings is 1. The number of hydrogen-bond donors (Lipinski definition) is 1. The van der Waals surface area contributed by atoms with E-state index in [0.717, 1.165) is 26.9 Å². The van der Waals surface area contributed by atoms with E-state index in [-0.39, 0.29) is 25.0 Å². The van der Waals surface area contributed by atoms with E-state index in [1.165, 1.54) is 11.3 Å². The monoisotopic (exact) mass is 448 g/mol. The Kier molecular flexibility index (Phi) is 5.13. The minimum Gasteiger partial charge on any atom is -0.457 e. The maximum atomic E-state index is 12.8. The van der Waals surface area contributed by atoms with Gasteiger partial charge in [0.2, 0.25) is 5.91 Å². The van der Waals surface area contributed by atoms with Gasteiger partial charge in [-0.25, -0.2) is 9.78 Å². The van der Waals surface area contributed by atoms with Crippen molar-refractivity contribution < 1.29 is 19.4 Å². The second-order valence-electron chi connectivity index (χ2n) is 7.96. The summed E-state index contributed by atoms with van der Waals surface area (Å²) in [5.74, 6) is 0.161. The van der Waals surface area contributed by atoms with Crippen LogP contribution >= 0.6 is 11.3 Å². The fourth-order valence-corrected chi connectivity index (χ4v) is 5.13. The van der Waals surface area contributed by atoms with Gasteiger partial charge in [0.25, 0.3) is 0 Å². The molecule has 0 bridgehead atoms. The molecular formula is C23H20N4O4S. The van der Waals surface area contributed by atoms with Crippen LogP contribution in [0.25, 0.3) is 10.2 Å². The van der Waals surface area contributed by atoms with Gasteiger partial charge in [0.15, 0.2) is 0 Å². The highest BCUT2D eigenvalue weighted by atomic mass is 32.1. The molecule has 2 aliphatic rings. The third kappa shape index (κ3) is 3.52. The Morgan fingerprint density at radius 1 is 1.28 bits per heavy atom. The normalized spacial score (nSPS) is 17.3. The first-order valence-electron chi connectivity index (χ1n) is 10.3. The summed E-state index contributed by atoms with van der Waals surface area (Å²) in [6.45, 7) is 3.67. The minimum absolute atomic E-state index is 0.0861. The lowest BCUT2D eigenvalue weighted by molar-refractivity contribution is -0.121. The Morgan fingerprint density at radius 3 is 2.91 bits per heavy atom. The molecule has 1 saturated heterocycles. The van der Waals surface area contributed by atoms with Crippen molar-refractivity contribution in [2.45, 2.75) is 19.6 Å². The van der Waals surface area contributed by atoms with Crippen LogP contribution in [0.2, 0.25) is 0 Å². The molecule has 8 nitrogen and oxygen atoms in total. The van der Waals surface area contributed by atoms with Crippen molar-refractivity contribution in [3.8, 4) is 6.07 Å². The molecule has 1 atom stereocenters.